The van der Waals surface area contributed by atoms with Gasteiger partial charge in [0.25, 0.3) is 6.47 Å². The summed E-state index contributed by atoms with van der Waals surface area (Å²) in [5.41, 5.74) is 0. The van der Waals surface area contributed by atoms with Crippen LogP contribution in [0.25, 0.3) is 0 Å². The van der Waals surface area contributed by atoms with Gasteiger partial charge in [0.05, 0.1) is 13.2 Å². The molecule has 0 aromatic heterocycles. The van der Waals surface area contributed by atoms with Gasteiger partial charge in [-0.05, 0) is 20.8 Å². The molecule has 0 saturated carbocycles. The van der Waals surface area contributed by atoms with Crippen LogP contribution in [0.4, 0.5) is 0 Å². The van der Waals surface area contributed by atoms with E-state index in [1.807, 2.05) is 6.92 Å². The van der Waals surface area contributed by atoms with E-state index in [9.17, 15) is 4.79 Å². The van der Waals surface area contributed by atoms with Crippen molar-refractivity contribution in [2.75, 3.05) is 26.4 Å². The van der Waals surface area contributed by atoms with E-state index in [4.69, 9.17) is 18.9 Å². The second-order valence-electron chi connectivity index (χ2n) is 2.40. The molecule has 84 valence electrons. The standard InChI is InChI=1S/C9H18O5/c1-4-11-7-9(12-5-2,13-6-3)14-8-10/h8H,4-7H2,1-3H3. The van der Waals surface area contributed by atoms with Crippen molar-refractivity contribution >= 4 is 6.47 Å². The van der Waals surface area contributed by atoms with Gasteiger partial charge in [0.1, 0.15) is 6.61 Å². The molecule has 0 aliphatic rings. The Kier molecular flexibility index (Phi) is 7.37. The van der Waals surface area contributed by atoms with Gasteiger partial charge in [-0.15, -0.1) is 0 Å². The fourth-order valence-electron chi connectivity index (χ4n) is 0.967. The molecule has 0 amide bonds. The summed E-state index contributed by atoms with van der Waals surface area (Å²) < 4.78 is 20.3. The van der Waals surface area contributed by atoms with Crippen molar-refractivity contribution in [1.82, 2.24) is 0 Å². The van der Waals surface area contributed by atoms with Crippen LogP contribution >= 0.6 is 0 Å². The van der Waals surface area contributed by atoms with Gasteiger partial charge in [-0.2, -0.15) is 0 Å². The third-order valence-electron chi connectivity index (χ3n) is 1.44. The maximum atomic E-state index is 10.3. The van der Waals surface area contributed by atoms with Gasteiger partial charge < -0.3 is 18.9 Å². The normalized spacial score (nSPS) is 11.4. The van der Waals surface area contributed by atoms with Crippen LogP contribution in [0, 0.1) is 0 Å². The summed E-state index contributed by atoms with van der Waals surface area (Å²) in [6.07, 6.45) is 0. The smallest absolute Gasteiger partial charge is 0.353 e. The zero-order chi connectivity index (χ0) is 10.9. The molecule has 0 radical (unpaired) electrons. The highest BCUT2D eigenvalue weighted by Crippen LogP contribution is 2.15. The maximum absolute atomic E-state index is 10.3. The van der Waals surface area contributed by atoms with E-state index >= 15 is 0 Å². The Labute approximate surface area is 84.3 Å². The minimum atomic E-state index is -1.39. The molecule has 0 atom stereocenters. The van der Waals surface area contributed by atoms with E-state index in [2.05, 4.69) is 0 Å². The monoisotopic (exact) mass is 206 g/mol. The van der Waals surface area contributed by atoms with Crippen molar-refractivity contribution in [1.29, 1.82) is 0 Å². The minimum Gasteiger partial charge on any atom is -0.408 e. The first-order valence-electron chi connectivity index (χ1n) is 4.71. The third kappa shape index (κ3) is 4.55. The lowest BCUT2D eigenvalue weighted by Crippen LogP contribution is -2.43. The van der Waals surface area contributed by atoms with Crippen LogP contribution < -0.4 is 0 Å². The molecule has 0 saturated heterocycles. The predicted molar refractivity (Wildman–Crippen MR) is 49.6 cm³/mol. The molecule has 5 nitrogen and oxygen atoms in total. The summed E-state index contributed by atoms with van der Waals surface area (Å²) in [5, 5.41) is 0. The Hall–Kier alpha value is -0.650. The Balaban J connectivity index is 4.28. The number of hydrogen-bond acceptors (Lipinski definition) is 5. The molecule has 0 aromatic rings. The Bertz CT molecular complexity index is 142. The lowest BCUT2D eigenvalue weighted by molar-refractivity contribution is -0.370. The molecule has 0 rings (SSSR count). The highest BCUT2D eigenvalue weighted by atomic mass is 16.9. The minimum absolute atomic E-state index is 0.0733. The summed E-state index contributed by atoms with van der Waals surface area (Å²) in [7, 11) is 0. The highest BCUT2D eigenvalue weighted by Gasteiger charge is 2.34. The Morgan fingerprint density at radius 1 is 1.07 bits per heavy atom. The molecule has 0 bridgehead atoms. The molecule has 0 N–H and O–H groups in total. The first kappa shape index (κ1) is 13.4. The first-order chi connectivity index (χ1) is 6.74. The highest BCUT2D eigenvalue weighted by molar-refractivity contribution is 5.37. The molecule has 0 aromatic carbocycles. The molecule has 0 aliphatic carbocycles. The van der Waals surface area contributed by atoms with Gasteiger partial charge in [-0.3, -0.25) is 4.79 Å². The van der Waals surface area contributed by atoms with E-state index in [0.717, 1.165) is 0 Å². The van der Waals surface area contributed by atoms with Crippen LogP contribution in [0.5, 0.6) is 0 Å². The van der Waals surface area contributed by atoms with Crippen LogP contribution in [-0.4, -0.2) is 38.9 Å². The lowest BCUT2D eigenvalue weighted by atomic mass is 10.5. The molecule has 14 heavy (non-hydrogen) atoms. The van der Waals surface area contributed by atoms with Crippen molar-refractivity contribution in [3.63, 3.8) is 0 Å². The first-order valence-corrected chi connectivity index (χ1v) is 4.71. The van der Waals surface area contributed by atoms with E-state index in [0.29, 0.717) is 26.3 Å². The van der Waals surface area contributed by atoms with Crippen LogP contribution in [0.2, 0.25) is 0 Å². The van der Waals surface area contributed by atoms with E-state index in [1.165, 1.54) is 0 Å². The molecule has 0 unspecified atom stereocenters. The third-order valence-corrected chi connectivity index (χ3v) is 1.44. The summed E-state index contributed by atoms with van der Waals surface area (Å²) >= 11 is 0. The zero-order valence-corrected chi connectivity index (χ0v) is 8.95. The van der Waals surface area contributed by atoms with Crippen molar-refractivity contribution in [3.05, 3.63) is 0 Å². The van der Waals surface area contributed by atoms with E-state index in [1.54, 1.807) is 13.8 Å². The van der Waals surface area contributed by atoms with Crippen LogP contribution in [0.15, 0.2) is 0 Å². The predicted octanol–water partition coefficient (Wildman–Crippen LogP) is 0.923. The fraction of sp³-hybridized carbons (Fsp3) is 0.889. The summed E-state index contributed by atoms with van der Waals surface area (Å²) in [4.78, 5) is 10.3. The Morgan fingerprint density at radius 2 is 1.64 bits per heavy atom. The summed E-state index contributed by atoms with van der Waals surface area (Å²) in [6.45, 7) is 7.03. The van der Waals surface area contributed by atoms with Crippen molar-refractivity contribution < 1.29 is 23.7 Å². The van der Waals surface area contributed by atoms with Gasteiger partial charge in [-0.25, -0.2) is 0 Å². The molecule has 0 fully saturated rings. The number of carbonyl (C=O) groups excluding carboxylic acids is 1. The molecule has 5 heteroatoms. The quantitative estimate of drug-likeness (QED) is 0.415. The lowest BCUT2D eigenvalue weighted by Gasteiger charge is -2.29. The summed E-state index contributed by atoms with van der Waals surface area (Å²) in [6, 6.07) is 0. The number of hydrogen-bond donors (Lipinski definition) is 0. The molecular weight excluding hydrogens is 188 g/mol. The van der Waals surface area contributed by atoms with Crippen LogP contribution in [0.3, 0.4) is 0 Å². The van der Waals surface area contributed by atoms with Gasteiger partial charge in [-0.1, -0.05) is 0 Å². The molecule has 0 spiro atoms. The number of rotatable bonds is 9. The van der Waals surface area contributed by atoms with Crippen molar-refractivity contribution in [3.8, 4) is 0 Å². The second-order valence-corrected chi connectivity index (χ2v) is 2.40. The van der Waals surface area contributed by atoms with Crippen molar-refractivity contribution in [2.45, 2.75) is 26.7 Å². The molecular formula is C9H18O5. The number of ether oxygens (including phenoxy) is 4. The van der Waals surface area contributed by atoms with Gasteiger partial charge >= 0.3 is 5.97 Å². The van der Waals surface area contributed by atoms with Crippen LogP contribution in [0.1, 0.15) is 20.8 Å². The average Bonchev–Trinajstić information content (AvgIpc) is 2.16. The maximum Gasteiger partial charge on any atom is 0.353 e. The molecule has 0 heterocycles. The van der Waals surface area contributed by atoms with Gasteiger partial charge in [0.2, 0.25) is 0 Å². The zero-order valence-electron chi connectivity index (χ0n) is 8.95. The van der Waals surface area contributed by atoms with Crippen molar-refractivity contribution in [2.24, 2.45) is 0 Å². The largest absolute Gasteiger partial charge is 0.408 e. The van der Waals surface area contributed by atoms with E-state index < -0.39 is 5.97 Å². The Morgan fingerprint density at radius 3 is 2.00 bits per heavy atom. The van der Waals surface area contributed by atoms with E-state index in [-0.39, 0.29) is 6.61 Å². The molecule has 0 aliphatic heterocycles. The summed E-state index contributed by atoms with van der Waals surface area (Å²) in [5.74, 6) is -1.39. The van der Waals surface area contributed by atoms with Gasteiger partial charge in [0.15, 0.2) is 0 Å². The fourth-order valence-corrected chi connectivity index (χ4v) is 0.967. The topological polar surface area (TPSA) is 54.0 Å². The second kappa shape index (κ2) is 7.73. The van der Waals surface area contributed by atoms with Crippen LogP contribution in [-0.2, 0) is 23.7 Å². The SMILES string of the molecule is CCOCC(OC=O)(OCC)OCC. The average molecular weight is 206 g/mol. The van der Waals surface area contributed by atoms with Gasteiger partial charge in [0, 0.05) is 6.61 Å². The number of carbonyl (C=O) groups is 1.